The maximum absolute atomic E-state index is 12.2. The van der Waals surface area contributed by atoms with Crippen molar-refractivity contribution in [2.45, 2.75) is 44.6 Å². The van der Waals surface area contributed by atoms with E-state index in [9.17, 15) is 4.79 Å². The van der Waals surface area contributed by atoms with Crippen molar-refractivity contribution in [3.8, 4) is 0 Å². The molecular weight excluding hydrogens is 293 g/mol. The standard InChI is InChI=1S/C16H21Cl2NO/c1-19(13-5-3-2-4-6-13)10-9-16(20)12-7-8-14(17)15(18)11-12/h7-8,11,13H,2-6,9-10H2,1H3. The van der Waals surface area contributed by atoms with E-state index in [1.54, 1.807) is 18.2 Å². The highest BCUT2D eigenvalue weighted by Crippen LogP contribution is 2.24. The number of ketones is 1. The summed E-state index contributed by atoms with van der Waals surface area (Å²) >= 11 is 11.8. The van der Waals surface area contributed by atoms with E-state index in [0.717, 1.165) is 6.54 Å². The summed E-state index contributed by atoms with van der Waals surface area (Å²) in [5, 5.41) is 0.931. The van der Waals surface area contributed by atoms with E-state index >= 15 is 0 Å². The summed E-state index contributed by atoms with van der Waals surface area (Å²) in [5.74, 6) is 0.131. The Labute approximate surface area is 131 Å². The van der Waals surface area contributed by atoms with Crippen LogP contribution in [0.3, 0.4) is 0 Å². The first-order valence-corrected chi connectivity index (χ1v) is 8.02. The molecule has 1 aromatic carbocycles. The molecule has 4 heteroatoms. The molecule has 0 bridgehead atoms. The Morgan fingerprint density at radius 1 is 1.20 bits per heavy atom. The van der Waals surface area contributed by atoms with Crippen molar-refractivity contribution in [3.63, 3.8) is 0 Å². The van der Waals surface area contributed by atoms with Crippen LogP contribution in [-0.4, -0.2) is 30.3 Å². The zero-order chi connectivity index (χ0) is 14.5. The van der Waals surface area contributed by atoms with Gasteiger partial charge in [0.25, 0.3) is 0 Å². The topological polar surface area (TPSA) is 20.3 Å². The lowest BCUT2D eigenvalue weighted by Crippen LogP contribution is -2.34. The van der Waals surface area contributed by atoms with Crippen molar-refractivity contribution >= 4 is 29.0 Å². The average molecular weight is 314 g/mol. The zero-order valence-corrected chi connectivity index (χ0v) is 13.4. The van der Waals surface area contributed by atoms with Gasteiger partial charge in [0, 0.05) is 24.6 Å². The number of carbonyl (C=O) groups is 1. The number of hydrogen-bond acceptors (Lipinski definition) is 2. The third-order valence-electron chi connectivity index (χ3n) is 4.13. The fourth-order valence-corrected chi connectivity index (χ4v) is 3.09. The van der Waals surface area contributed by atoms with E-state index in [4.69, 9.17) is 23.2 Å². The van der Waals surface area contributed by atoms with Gasteiger partial charge in [0.1, 0.15) is 0 Å². The van der Waals surface area contributed by atoms with Crippen LogP contribution in [0, 0.1) is 0 Å². The predicted octanol–water partition coefficient (Wildman–Crippen LogP) is 4.83. The Morgan fingerprint density at radius 3 is 2.55 bits per heavy atom. The number of benzene rings is 1. The molecule has 1 aliphatic carbocycles. The van der Waals surface area contributed by atoms with Crippen LogP contribution in [0.1, 0.15) is 48.9 Å². The van der Waals surface area contributed by atoms with Crippen molar-refractivity contribution in [2.75, 3.05) is 13.6 Å². The Bertz CT molecular complexity index is 470. The molecule has 20 heavy (non-hydrogen) atoms. The molecule has 1 aliphatic rings. The lowest BCUT2D eigenvalue weighted by molar-refractivity contribution is 0.0952. The number of carbonyl (C=O) groups excluding carboxylic acids is 1. The van der Waals surface area contributed by atoms with E-state index in [2.05, 4.69) is 11.9 Å². The third-order valence-corrected chi connectivity index (χ3v) is 4.87. The summed E-state index contributed by atoms with van der Waals surface area (Å²) in [5.41, 5.74) is 0.649. The molecule has 110 valence electrons. The Hall–Kier alpha value is -0.570. The summed E-state index contributed by atoms with van der Waals surface area (Å²) < 4.78 is 0. The van der Waals surface area contributed by atoms with E-state index in [0.29, 0.717) is 28.1 Å². The molecule has 2 nitrogen and oxygen atoms in total. The molecule has 1 aromatic rings. The molecule has 0 saturated heterocycles. The number of rotatable bonds is 5. The second kappa shape index (κ2) is 7.44. The third kappa shape index (κ3) is 4.21. The van der Waals surface area contributed by atoms with Gasteiger partial charge in [-0.1, -0.05) is 42.5 Å². The Kier molecular flexibility index (Phi) is 5.88. The van der Waals surface area contributed by atoms with Crippen LogP contribution in [0.5, 0.6) is 0 Å². The largest absolute Gasteiger partial charge is 0.303 e. The second-order valence-electron chi connectivity index (χ2n) is 5.57. The first-order valence-electron chi connectivity index (χ1n) is 7.26. The molecule has 0 heterocycles. The van der Waals surface area contributed by atoms with Gasteiger partial charge in [0.15, 0.2) is 5.78 Å². The monoisotopic (exact) mass is 313 g/mol. The van der Waals surface area contributed by atoms with Crippen LogP contribution in [0.2, 0.25) is 10.0 Å². The molecule has 1 saturated carbocycles. The molecule has 0 amide bonds. The van der Waals surface area contributed by atoms with Gasteiger partial charge in [-0.2, -0.15) is 0 Å². The van der Waals surface area contributed by atoms with Gasteiger partial charge in [-0.05, 0) is 38.1 Å². The lowest BCUT2D eigenvalue weighted by atomic mass is 9.94. The van der Waals surface area contributed by atoms with Gasteiger partial charge >= 0.3 is 0 Å². The molecule has 1 fully saturated rings. The average Bonchev–Trinajstić information content (AvgIpc) is 2.48. The maximum atomic E-state index is 12.2. The molecule has 0 atom stereocenters. The van der Waals surface area contributed by atoms with Crippen molar-refractivity contribution in [2.24, 2.45) is 0 Å². The Morgan fingerprint density at radius 2 is 1.90 bits per heavy atom. The molecule has 0 N–H and O–H groups in total. The minimum Gasteiger partial charge on any atom is -0.303 e. The van der Waals surface area contributed by atoms with E-state index in [1.165, 1.54) is 32.1 Å². The summed E-state index contributed by atoms with van der Waals surface area (Å²) in [7, 11) is 2.12. The van der Waals surface area contributed by atoms with E-state index in [1.807, 2.05) is 0 Å². The van der Waals surface area contributed by atoms with Crippen molar-refractivity contribution in [3.05, 3.63) is 33.8 Å². The quantitative estimate of drug-likeness (QED) is 0.726. The fraction of sp³-hybridized carbons (Fsp3) is 0.562. The number of halogens is 2. The summed E-state index contributed by atoms with van der Waals surface area (Å²) in [6.07, 6.45) is 7.04. The summed E-state index contributed by atoms with van der Waals surface area (Å²) in [6.45, 7) is 0.809. The van der Waals surface area contributed by atoms with Crippen molar-refractivity contribution in [1.29, 1.82) is 0 Å². The normalized spacial score (nSPS) is 16.6. The molecular formula is C16H21Cl2NO. The smallest absolute Gasteiger partial charge is 0.164 e. The minimum absolute atomic E-state index is 0.131. The highest BCUT2D eigenvalue weighted by Gasteiger charge is 2.18. The van der Waals surface area contributed by atoms with E-state index < -0.39 is 0 Å². The number of hydrogen-bond donors (Lipinski definition) is 0. The van der Waals surface area contributed by atoms with Gasteiger partial charge in [-0.15, -0.1) is 0 Å². The van der Waals surface area contributed by atoms with Crippen LogP contribution in [-0.2, 0) is 0 Å². The number of nitrogens with zero attached hydrogens (tertiary/aromatic N) is 1. The zero-order valence-electron chi connectivity index (χ0n) is 11.9. The van der Waals surface area contributed by atoms with Gasteiger partial charge < -0.3 is 4.90 Å². The first-order chi connectivity index (χ1) is 9.58. The molecule has 2 rings (SSSR count). The van der Waals surface area contributed by atoms with Gasteiger partial charge in [0.2, 0.25) is 0 Å². The van der Waals surface area contributed by atoms with Crippen LogP contribution >= 0.6 is 23.2 Å². The summed E-state index contributed by atoms with van der Waals surface area (Å²) in [6, 6.07) is 5.73. The molecule has 0 aromatic heterocycles. The van der Waals surface area contributed by atoms with Crippen molar-refractivity contribution < 1.29 is 4.79 Å². The molecule has 0 radical (unpaired) electrons. The molecule has 0 unspecified atom stereocenters. The minimum atomic E-state index is 0.131. The van der Waals surface area contributed by atoms with Crippen LogP contribution in [0.25, 0.3) is 0 Å². The summed E-state index contributed by atoms with van der Waals surface area (Å²) in [4.78, 5) is 14.5. The Balaban J connectivity index is 1.86. The molecule has 0 spiro atoms. The van der Waals surface area contributed by atoms with Gasteiger partial charge in [0.05, 0.1) is 10.0 Å². The van der Waals surface area contributed by atoms with E-state index in [-0.39, 0.29) is 5.78 Å². The lowest BCUT2D eigenvalue weighted by Gasteiger charge is -2.30. The van der Waals surface area contributed by atoms with Gasteiger partial charge in [-0.25, -0.2) is 0 Å². The van der Waals surface area contributed by atoms with Crippen LogP contribution in [0.4, 0.5) is 0 Å². The SMILES string of the molecule is CN(CCC(=O)c1ccc(Cl)c(Cl)c1)C1CCCCC1. The van der Waals surface area contributed by atoms with Crippen LogP contribution in [0.15, 0.2) is 18.2 Å². The first kappa shape index (κ1) is 15.8. The predicted molar refractivity (Wildman–Crippen MR) is 84.9 cm³/mol. The number of Topliss-reactive ketones (excluding diaryl/α,β-unsaturated/α-hetero) is 1. The maximum Gasteiger partial charge on any atom is 0.164 e. The van der Waals surface area contributed by atoms with Crippen molar-refractivity contribution in [1.82, 2.24) is 4.90 Å². The molecule has 0 aliphatic heterocycles. The highest BCUT2D eigenvalue weighted by atomic mass is 35.5. The second-order valence-corrected chi connectivity index (χ2v) is 6.39. The van der Waals surface area contributed by atoms with Gasteiger partial charge in [-0.3, -0.25) is 4.79 Å². The highest BCUT2D eigenvalue weighted by molar-refractivity contribution is 6.42. The van der Waals surface area contributed by atoms with Crippen LogP contribution < -0.4 is 0 Å². The fourth-order valence-electron chi connectivity index (χ4n) is 2.80.